The van der Waals surface area contributed by atoms with Crippen LogP contribution in [0.5, 0.6) is 23.0 Å². The van der Waals surface area contributed by atoms with Crippen molar-refractivity contribution in [2.24, 2.45) is 0 Å². The predicted molar refractivity (Wildman–Crippen MR) is 106 cm³/mol. The lowest BCUT2D eigenvalue weighted by atomic mass is 9.98. The van der Waals surface area contributed by atoms with Crippen LogP contribution in [0.15, 0.2) is 34.7 Å². The molecule has 0 amide bonds. The predicted octanol–water partition coefficient (Wildman–Crippen LogP) is 5.29. The van der Waals surface area contributed by atoms with E-state index in [1.807, 2.05) is 37.3 Å². The molecule has 0 aliphatic carbocycles. The van der Waals surface area contributed by atoms with Gasteiger partial charge in [-0.05, 0) is 24.6 Å². The Labute approximate surface area is 159 Å². The molecule has 3 rings (SSSR count). The highest BCUT2D eigenvalue weighted by Gasteiger charge is 2.26. The van der Waals surface area contributed by atoms with Crippen LogP contribution in [-0.2, 0) is 6.42 Å². The minimum atomic E-state index is 0.649. The molecule has 0 bridgehead atoms. The van der Waals surface area contributed by atoms with Crippen molar-refractivity contribution in [3.8, 4) is 34.3 Å². The zero-order valence-electron chi connectivity index (χ0n) is 16.6. The smallest absolute Gasteiger partial charge is 0.368 e. The molecule has 27 heavy (non-hydrogen) atoms. The molecule has 2 aromatic carbocycles. The Morgan fingerprint density at radius 2 is 1.30 bits per heavy atom. The first-order chi connectivity index (χ1) is 13.1. The van der Waals surface area contributed by atoms with E-state index in [0.717, 1.165) is 39.8 Å². The van der Waals surface area contributed by atoms with Crippen molar-refractivity contribution in [1.82, 2.24) is 0 Å². The average molecular weight is 369 g/mol. The molecule has 0 radical (unpaired) electrons. The first-order valence-corrected chi connectivity index (χ1v) is 8.81. The lowest BCUT2D eigenvalue weighted by Crippen LogP contribution is -1.97. The van der Waals surface area contributed by atoms with E-state index in [-0.39, 0.29) is 0 Å². The van der Waals surface area contributed by atoms with Crippen LogP contribution in [-0.4, -0.2) is 28.4 Å². The van der Waals surface area contributed by atoms with Crippen molar-refractivity contribution in [2.75, 3.05) is 28.4 Å². The highest BCUT2D eigenvalue weighted by molar-refractivity contribution is 5.98. The molecular weight excluding hydrogens is 344 g/mol. The second kappa shape index (κ2) is 7.74. The van der Waals surface area contributed by atoms with Gasteiger partial charge in [0.05, 0.1) is 51.9 Å². The number of rotatable bonds is 6. The van der Waals surface area contributed by atoms with Gasteiger partial charge in [0.15, 0.2) is 23.0 Å². The molecule has 0 aliphatic rings. The molecule has 0 spiro atoms. The Balaban J connectivity index is 2.36. The molecular formula is C22H25O5+. The van der Waals surface area contributed by atoms with Crippen molar-refractivity contribution in [3.05, 3.63) is 41.7 Å². The van der Waals surface area contributed by atoms with E-state index < -0.39 is 0 Å². The molecule has 1 heterocycles. The maximum atomic E-state index is 6.25. The molecule has 0 N–H and O–H groups in total. The van der Waals surface area contributed by atoms with Crippen LogP contribution >= 0.6 is 0 Å². The van der Waals surface area contributed by atoms with E-state index in [9.17, 15) is 0 Å². The van der Waals surface area contributed by atoms with Gasteiger partial charge in [-0.25, -0.2) is 4.42 Å². The lowest BCUT2D eigenvalue weighted by molar-refractivity contribution is 0.355. The third-order valence-corrected chi connectivity index (χ3v) is 4.77. The Morgan fingerprint density at radius 1 is 0.741 bits per heavy atom. The van der Waals surface area contributed by atoms with E-state index in [2.05, 4.69) is 6.92 Å². The van der Waals surface area contributed by atoms with Gasteiger partial charge in [-0.2, -0.15) is 0 Å². The molecule has 0 aliphatic heterocycles. The first-order valence-electron chi connectivity index (χ1n) is 8.81. The molecule has 0 saturated heterocycles. The van der Waals surface area contributed by atoms with E-state index in [1.165, 1.54) is 0 Å². The zero-order chi connectivity index (χ0) is 19.6. The summed E-state index contributed by atoms with van der Waals surface area (Å²) in [4.78, 5) is 0. The fourth-order valence-corrected chi connectivity index (χ4v) is 3.41. The highest BCUT2D eigenvalue weighted by Crippen LogP contribution is 2.41. The highest BCUT2D eigenvalue weighted by atomic mass is 16.5. The number of benzene rings is 2. The van der Waals surface area contributed by atoms with Gasteiger partial charge < -0.3 is 18.9 Å². The van der Waals surface area contributed by atoms with Crippen molar-refractivity contribution in [1.29, 1.82) is 0 Å². The Morgan fingerprint density at radius 3 is 1.85 bits per heavy atom. The number of methoxy groups -OCH3 is 4. The molecule has 5 nitrogen and oxygen atoms in total. The largest absolute Gasteiger partial charge is 0.493 e. The van der Waals surface area contributed by atoms with Gasteiger partial charge in [-0.3, -0.25) is 0 Å². The third-order valence-electron chi connectivity index (χ3n) is 4.77. The molecule has 1 aromatic heterocycles. The van der Waals surface area contributed by atoms with Crippen LogP contribution in [0.2, 0.25) is 0 Å². The monoisotopic (exact) mass is 369 g/mol. The van der Waals surface area contributed by atoms with Crippen LogP contribution in [0.1, 0.15) is 18.2 Å². The quantitative estimate of drug-likeness (QED) is 0.553. The summed E-state index contributed by atoms with van der Waals surface area (Å²) in [5, 5.41) is 2.05. The van der Waals surface area contributed by atoms with E-state index >= 15 is 0 Å². The van der Waals surface area contributed by atoms with Crippen molar-refractivity contribution < 1.29 is 23.4 Å². The van der Waals surface area contributed by atoms with E-state index in [1.54, 1.807) is 28.4 Å². The summed E-state index contributed by atoms with van der Waals surface area (Å²) < 4.78 is 28.1. The number of hydrogen-bond donors (Lipinski definition) is 0. The van der Waals surface area contributed by atoms with Crippen LogP contribution < -0.4 is 18.9 Å². The second-order valence-corrected chi connectivity index (χ2v) is 6.14. The summed E-state index contributed by atoms with van der Waals surface area (Å²) in [5.41, 5.74) is 2.05. The standard InChI is InChI=1S/C22H25O5/c1-7-15-13(2)27-22(14-8-9-18(23-3)19(10-14)24-4)17-12-21(26-6)20(25-5)11-16(15)17/h8-12H,7H2,1-6H3/q+1. The van der Waals surface area contributed by atoms with Crippen molar-refractivity contribution >= 4 is 10.8 Å². The fraction of sp³-hybridized carbons (Fsp3) is 0.318. The lowest BCUT2D eigenvalue weighted by Gasteiger charge is -2.11. The van der Waals surface area contributed by atoms with Gasteiger partial charge in [-0.15, -0.1) is 0 Å². The minimum Gasteiger partial charge on any atom is -0.493 e. The summed E-state index contributed by atoms with van der Waals surface area (Å²) >= 11 is 0. The third kappa shape index (κ3) is 3.25. The maximum Gasteiger partial charge on any atom is 0.368 e. The van der Waals surface area contributed by atoms with Crippen LogP contribution in [0.4, 0.5) is 0 Å². The van der Waals surface area contributed by atoms with Gasteiger partial charge in [0.2, 0.25) is 0 Å². The van der Waals surface area contributed by atoms with Crippen LogP contribution in [0.25, 0.3) is 22.1 Å². The fourth-order valence-electron chi connectivity index (χ4n) is 3.41. The summed E-state index contributed by atoms with van der Waals surface area (Å²) in [6, 6.07) is 9.72. The average Bonchev–Trinajstić information content (AvgIpc) is 2.71. The Kier molecular flexibility index (Phi) is 5.40. The Bertz CT molecular complexity index is 978. The SMILES string of the molecule is CCc1c(C)[o+]c(-c2ccc(OC)c(OC)c2)c2cc(OC)c(OC)cc12. The van der Waals surface area contributed by atoms with Gasteiger partial charge in [0.1, 0.15) is 0 Å². The molecule has 3 aromatic rings. The normalized spacial score (nSPS) is 10.7. The summed E-state index contributed by atoms with van der Waals surface area (Å²) in [7, 11) is 6.52. The summed E-state index contributed by atoms with van der Waals surface area (Å²) in [5.74, 6) is 4.31. The van der Waals surface area contributed by atoms with Gasteiger partial charge in [0.25, 0.3) is 0 Å². The minimum absolute atomic E-state index is 0.649. The summed E-state index contributed by atoms with van der Waals surface area (Å²) in [6.07, 6.45) is 0.855. The van der Waals surface area contributed by atoms with Crippen LogP contribution in [0, 0.1) is 6.92 Å². The molecule has 0 saturated carbocycles. The topological polar surface area (TPSA) is 48.2 Å². The van der Waals surface area contributed by atoms with Gasteiger partial charge in [-0.1, -0.05) is 6.92 Å². The van der Waals surface area contributed by atoms with Crippen molar-refractivity contribution in [3.63, 3.8) is 0 Å². The van der Waals surface area contributed by atoms with E-state index in [0.29, 0.717) is 23.0 Å². The summed E-state index contributed by atoms with van der Waals surface area (Å²) in [6.45, 7) is 4.10. The molecule has 142 valence electrons. The number of aryl methyl sites for hydroxylation is 2. The van der Waals surface area contributed by atoms with Gasteiger partial charge in [0, 0.05) is 17.5 Å². The van der Waals surface area contributed by atoms with Crippen molar-refractivity contribution in [2.45, 2.75) is 20.3 Å². The first kappa shape index (κ1) is 18.8. The molecule has 5 heteroatoms. The number of hydrogen-bond acceptors (Lipinski definition) is 4. The van der Waals surface area contributed by atoms with Gasteiger partial charge >= 0.3 is 11.5 Å². The van der Waals surface area contributed by atoms with Crippen LogP contribution in [0.3, 0.4) is 0 Å². The molecule has 0 unspecified atom stereocenters. The Hall–Kier alpha value is -2.95. The maximum absolute atomic E-state index is 6.25. The molecule has 0 atom stereocenters. The zero-order valence-corrected chi connectivity index (χ0v) is 16.6. The number of fused-ring (bicyclic) bond motifs is 1. The molecule has 0 fully saturated rings. The number of ether oxygens (including phenoxy) is 4. The van der Waals surface area contributed by atoms with E-state index in [4.69, 9.17) is 23.4 Å². The second-order valence-electron chi connectivity index (χ2n) is 6.14.